The van der Waals surface area contributed by atoms with E-state index < -0.39 is 0 Å². The molecule has 0 bridgehead atoms. The summed E-state index contributed by atoms with van der Waals surface area (Å²) in [5.41, 5.74) is 1.90. The highest BCUT2D eigenvalue weighted by atomic mass is 79.9. The van der Waals surface area contributed by atoms with Gasteiger partial charge in [0.15, 0.2) is 0 Å². The van der Waals surface area contributed by atoms with E-state index in [0.717, 1.165) is 22.0 Å². The van der Waals surface area contributed by atoms with Crippen LogP contribution in [0.25, 0.3) is 11.0 Å². The summed E-state index contributed by atoms with van der Waals surface area (Å²) in [5, 5.41) is 4.05. The number of rotatable bonds is 4. The molecule has 0 amide bonds. The van der Waals surface area contributed by atoms with Crippen LogP contribution in [0.1, 0.15) is 17.4 Å². The molecule has 0 aliphatic rings. The maximum absolute atomic E-state index is 13.3. The smallest absolute Gasteiger partial charge is 0.134 e. The Bertz CT molecular complexity index is 768. The third-order valence-corrected chi connectivity index (χ3v) is 4.34. The number of nitrogens with one attached hydrogen (secondary N) is 1. The summed E-state index contributed by atoms with van der Waals surface area (Å²) in [4.78, 5) is 0. The van der Waals surface area contributed by atoms with Crippen LogP contribution >= 0.6 is 15.9 Å². The van der Waals surface area contributed by atoms with Crippen molar-refractivity contribution >= 4 is 26.9 Å². The lowest BCUT2D eigenvalue weighted by molar-refractivity contribution is 0.450. The van der Waals surface area contributed by atoms with Crippen LogP contribution in [0.5, 0.6) is 0 Å². The Morgan fingerprint density at radius 3 is 2.76 bits per heavy atom. The zero-order chi connectivity index (χ0) is 14.8. The summed E-state index contributed by atoms with van der Waals surface area (Å²) in [5.74, 6) is 0.565. The molecule has 4 heteroatoms. The largest absolute Gasteiger partial charge is 0.459 e. The van der Waals surface area contributed by atoms with Gasteiger partial charge in [0.1, 0.15) is 17.2 Å². The number of hydrogen-bond donors (Lipinski definition) is 1. The van der Waals surface area contributed by atoms with Gasteiger partial charge in [0.2, 0.25) is 0 Å². The van der Waals surface area contributed by atoms with Crippen molar-refractivity contribution in [2.75, 3.05) is 7.05 Å². The van der Waals surface area contributed by atoms with Gasteiger partial charge in [-0.3, -0.25) is 0 Å². The van der Waals surface area contributed by atoms with Gasteiger partial charge in [-0.2, -0.15) is 0 Å². The molecular weight excluding hydrogens is 333 g/mol. The highest BCUT2D eigenvalue weighted by Gasteiger charge is 2.16. The molecule has 1 aromatic heterocycles. The van der Waals surface area contributed by atoms with Crippen molar-refractivity contribution < 1.29 is 8.81 Å². The van der Waals surface area contributed by atoms with Gasteiger partial charge in [0, 0.05) is 9.86 Å². The molecule has 0 saturated heterocycles. The maximum atomic E-state index is 13.3. The van der Waals surface area contributed by atoms with E-state index in [1.807, 2.05) is 31.3 Å². The number of halogens is 2. The van der Waals surface area contributed by atoms with Crippen molar-refractivity contribution in [1.29, 1.82) is 0 Å². The van der Waals surface area contributed by atoms with Gasteiger partial charge < -0.3 is 9.73 Å². The van der Waals surface area contributed by atoms with Crippen molar-refractivity contribution in [3.63, 3.8) is 0 Å². The molecule has 0 fully saturated rings. The topological polar surface area (TPSA) is 25.2 Å². The Morgan fingerprint density at radius 1 is 1.19 bits per heavy atom. The van der Waals surface area contributed by atoms with Crippen LogP contribution in [0.3, 0.4) is 0 Å². The van der Waals surface area contributed by atoms with Crippen LogP contribution < -0.4 is 5.32 Å². The molecule has 0 aliphatic heterocycles. The zero-order valence-corrected chi connectivity index (χ0v) is 13.2. The first kappa shape index (κ1) is 14.3. The van der Waals surface area contributed by atoms with E-state index in [0.29, 0.717) is 5.58 Å². The third kappa shape index (κ3) is 3.01. The van der Waals surface area contributed by atoms with Gasteiger partial charge in [-0.25, -0.2) is 4.39 Å². The molecule has 0 aliphatic carbocycles. The van der Waals surface area contributed by atoms with Gasteiger partial charge in [-0.1, -0.05) is 34.1 Å². The minimum Gasteiger partial charge on any atom is -0.459 e. The molecular formula is C17H15BrFNO. The van der Waals surface area contributed by atoms with Crippen molar-refractivity contribution in [2.24, 2.45) is 0 Å². The molecule has 1 unspecified atom stereocenters. The summed E-state index contributed by atoms with van der Waals surface area (Å²) in [6.07, 6.45) is 0.792. The van der Waals surface area contributed by atoms with E-state index in [9.17, 15) is 4.39 Å². The van der Waals surface area contributed by atoms with E-state index in [4.69, 9.17) is 4.42 Å². The van der Waals surface area contributed by atoms with Gasteiger partial charge in [0.05, 0.1) is 6.04 Å². The Balaban J connectivity index is 1.93. The SMILES string of the molecule is CNC(Cc1ccccc1Br)c1cc2cc(F)ccc2o1. The van der Waals surface area contributed by atoms with Crippen LogP contribution in [0.4, 0.5) is 4.39 Å². The highest BCUT2D eigenvalue weighted by Crippen LogP contribution is 2.28. The Kier molecular flexibility index (Phi) is 4.08. The fourth-order valence-corrected chi connectivity index (χ4v) is 2.88. The van der Waals surface area contributed by atoms with Crippen LogP contribution in [0.2, 0.25) is 0 Å². The highest BCUT2D eigenvalue weighted by molar-refractivity contribution is 9.10. The van der Waals surface area contributed by atoms with E-state index >= 15 is 0 Å². The Labute approximate surface area is 131 Å². The lowest BCUT2D eigenvalue weighted by atomic mass is 10.0. The number of hydrogen-bond acceptors (Lipinski definition) is 2. The number of furan rings is 1. The van der Waals surface area contributed by atoms with Gasteiger partial charge >= 0.3 is 0 Å². The summed E-state index contributed by atoms with van der Waals surface area (Å²) in [7, 11) is 1.90. The van der Waals surface area contributed by atoms with Crippen LogP contribution in [-0.4, -0.2) is 7.05 Å². The molecule has 1 atom stereocenters. The molecule has 3 aromatic rings. The molecule has 1 N–H and O–H groups in total. The van der Waals surface area contributed by atoms with Gasteiger partial charge in [-0.05, 0) is 49.4 Å². The first-order chi connectivity index (χ1) is 10.2. The van der Waals surface area contributed by atoms with E-state index in [1.165, 1.54) is 17.7 Å². The van der Waals surface area contributed by atoms with Crippen LogP contribution in [-0.2, 0) is 6.42 Å². The molecule has 3 rings (SSSR count). The fourth-order valence-electron chi connectivity index (χ4n) is 2.44. The van der Waals surface area contributed by atoms with Gasteiger partial charge in [0.25, 0.3) is 0 Å². The predicted molar refractivity (Wildman–Crippen MR) is 85.8 cm³/mol. The molecule has 2 aromatic carbocycles. The minimum atomic E-state index is -0.248. The maximum Gasteiger partial charge on any atom is 0.134 e. The summed E-state index contributed by atoms with van der Waals surface area (Å²) < 4.78 is 20.2. The average molecular weight is 348 g/mol. The lowest BCUT2D eigenvalue weighted by Gasteiger charge is -2.14. The molecule has 108 valence electrons. The minimum absolute atomic E-state index is 0.0409. The first-order valence-electron chi connectivity index (χ1n) is 6.77. The quantitative estimate of drug-likeness (QED) is 0.730. The second-order valence-corrected chi connectivity index (χ2v) is 5.82. The number of likely N-dealkylation sites (N-methyl/N-ethyl adjacent to an activating group) is 1. The van der Waals surface area contributed by atoms with Gasteiger partial charge in [-0.15, -0.1) is 0 Å². The standard InChI is InChI=1S/C17H15BrFNO/c1-20-15(9-11-4-2-3-5-14(11)18)17-10-12-8-13(19)6-7-16(12)21-17/h2-8,10,15,20H,9H2,1H3. The molecule has 0 saturated carbocycles. The van der Waals surface area contributed by atoms with Crippen LogP contribution in [0, 0.1) is 5.82 Å². The number of fused-ring (bicyclic) bond motifs is 1. The third-order valence-electron chi connectivity index (χ3n) is 3.57. The van der Waals surface area contributed by atoms with E-state index in [2.05, 4.69) is 27.3 Å². The first-order valence-corrected chi connectivity index (χ1v) is 7.56. The van der Waals surface area contributed by atoms with Crippen molar-refractivity contribution in [3.05, 3.63) is 70.1 Å². The summed E-state index contributed by atoms with van der Waals surface area (Å²) >= 11 is 3.56. The second kappa shape index (κ2) is 6.00. The molecule has 2 nitrogen and oxygen atoms in total. The molecule has 21 heavy (non-hydrogen) atoms. The van der Waals surface area contributed by atoms with Crippen LogP contribution in [0.15, 0.2) is 57.4 Å². The normalized spacial score (nSPS) is 12.7. The lowest BCUT2D eigenvalue weighted by Crippen LogP contribution is -2.18. The zero-order valence-electron chi connectivity index (χ0n) is 11.6. The molecule has 1 heterocycles. The Hall–Kier alpha value is -1.65. The van der Waals surface area contributed by atoms with Crippen molar-refractivity contribution in [1.82, 2.24) is 5.32 Å². The summed E-state index contributed by atoms with van der Waals surface area (Å²) in [6, 6.07) is 14.6. The van der Waals surface area contributed by atoms with Crippen molar-refractivity contribution in [2.45, 2.75) is 12.5 Å². The van der Waals surface area contributed by atoms with E-state index in [-0.39, 0.29) is 11.9 Å². The predicted octanol–water partition coefficient (Wildman–Crippen LogP) is 4.84. The number of benzene rings is 2. The Morgan fingerprint density at radius 2 is 2.00 bits per heavy atom. The molecule has 0 spiro atoms. The van der Waals surface area contributed by atoms with E-state index in [1.54, 1.807) is 6.07 Å². The summed E-state index contributed by atoms with van der Waals surface area (Å²) in [6.45, 7) is 0. The second-order valence-electron chi connectivity index (χ2n) is 4.97. The fraction of sp³-hybridized carbons (Fsp3) is 0.176. The van der Waals surface area contributed by atoms with Crippen molar-refractivity contribution in [3.8, 4) is 0 Å². The molecule has 0 radical (unpaired) electrons. The monoisotopic (exact) mass is 347 g/mol. The average Bonchev–Trinajstić information content (AvgIpc) is 2.89.